The Morgan fingerprint density at radius 1 is 1.39 bits per heavy atom. The number of anilines is 1. The van der Waals surface area contributed by atoms with Crippen molar-refractivity contribution in [1.29, 1.82) is 0 Å². The molecule has 100 valence electrons. The molecule has 1 aliphatic carbocycles. The lowest BCUT2D eigenvalue weighted by Gasteiger charge is -2.22. The molecule has 0 aliphatic heterocycles. The first-order valence-corrected chi connectivity index (χ1v) is 7.52. The number of hydrogen-bond acceptors (Lipinski definition) is 4. The molecule has 1 heterocycles. The van der Waals surface area contributed by atoms with Gasteiger partial charge in [0, 0.05) is 6.54 Å². The van der Waals surface area contributed by atoms with Crippen molar-refractivity contribution >= 4 is 21.9 Å². The van der Waals surface area contributed by atoms with Gasteiger partial charge in [-0.3, -0.25) is 0 Å². The standard InChI is InChI=1S/C13H20BrN3O/c1-2-8-15-13-16-9-11(14)12(17-13)18-10-6-4-3-5-7-10/h9-10H,2-8H2,1H3,(H,15,16,17). The first-order valence-electron chi connectivity index (χ1n) is 6.72. The Balaban J connectivity index is 2.00. The molecule has 0 unspecified atom stereocenters. The Morgan fingerprint density at radius 2 is 2.17 bits per heavy atom. The van der Waals surface area contributed by atoms with Crippen LogP contribution in [0.5, 0.6) is 5.88 Å². The Morgan fingerprint density at radius 3 is 2.89 bits per heavy atom. The number of ether oxygens (including phenoxy) is 1. The van der Waals surface area contributed by atoms with E-state index in [2.05, 4.69) is 38.1 Å². The number of nitrogens with one attached hydrogen (secondary N) is 1. The van der Waals surface area contributed by atoms with Gasteiger partial charge in [0.1, 0.15) is 6.10 Å². The van der Waals surface area contributed by atoms with E-state index in [0.29, 0.717) is 17.9 Å². The van der Waals surface area contributed by atoms with Crippen LogP contribution in [0.25, 0.3) is 0 Å². The first-order chi connectivity index (χ1) is 8.79. The Hall–Kier alpha value is -0.840. The zero-order valence-corrected chi connectivity index (χ0v) is 12.4. The van der Waals surface area contributed by atoms with Crippen LogP contribution in [0.2, 0.25) is 0 Å². The minimum absolute atomic E-state index is 0.309. The summed E-state index contributed by atoms with van der Waals surface area (Å²) < 4.78 is 6.80. The minimum atomic E-state index is 0.309. The van der Waals surface area contributed by atoms with Crippen molar-refractivity contribution in [3.05, 3.63) is 10.7 Å². The summed E-state index contributed by atoms with van der Waals surface area (Å²) in [6.45, 7) is 3.00. The lowest BCUT2D eigenvalue weighted by molar-refractivity contribution is 0.147. The average molecular weight is 314 g/mol. The van der Waals surface area contributed by atoms with Gasteiger partial charge in [0.05, 0.1) is 10.7 Å². The smallest absolute Gasteiger partial charge is 0.233 e. The average Bonchev–Trinajstić information content (AvgIpc) is 2.41. The third kappa shape index (κ3) is 3.83. The number of rotatable bonds is 5. The summed E-state index contributed by atoms with van der Waals surface area (Å²) in [5.41, 5.74) is 0. The first kappa shape index (κ1) is 13.6. The van der Waals surface area contributed by atoms with E-state index in [4.69, 9.17) is 4.74 Å². The molecule has 0 saturated heterocycles. The Labute approximate surface area is 117 Å². The van der Waals surface area contributed by atoms with Crippen LogP contribution in [-0.4, -0.2) is 22.6 Å². The van der Waals surface area contributed by atoms with Gasteiger partial charge in [-0.05, 0) is 48.0 Å². The molecule has 0 spiro atoms. The van der Waals surface area contributed by atoms with Crippen LogP contribution in [0.3, 0.4) is 0 Å². The predicted molar refractivity (Wildman–Crippen MR) is 76.0 cm³/mol. The summed E-state index contributed by atoms with van der Waals surface area (Å²) in [7, 11) is 0. The second-order valence-corrected chi connectivity index (χ2v) is 5.51. The fraction of sp³-hybridized carbons (Fsp3) is 0.692. The third-order valence-electron chi connectivity index (χ3n) is 3.08. The van der Waals surface area contributed by atoms with Crippen molar-refractivity contribution < 1.29 is 4.74 Å². The fourth-order valence-electron chi connectivity index (χ4n) is 2.10. The molecule has 1 aliphatic rings. The maximum absolute atomic E-state index is 5.97. The molecule has 1 saturated carbocycles. The number of halogens is 1. The minimum Gasteiger partial charge on any atom is -0.473 e. The highest BCUT2D eigenvalue weighted by Gasteiger charge is 2.17. The Kier molecular flexibility index (Phi) is 5.23. The molecule has 0 amide bonds. The van der Waals surface area contributed by atoms with E-state index in [-0.39, 0.29) is 0 Å². The topological polar surface area (TPSA) is 47.0 Å². The molecule has 0 radical (unpaired) electrons. The van der Waals surface area contributed by atoms with Gasteiger partial charge >= 0.3 is 0 Å². The van der Waals surface area contributed by atoms with Crippen molar-refractivity contribution in [1.82, 2.24) is 9.97 Å². The maximum atomic E-state index is 5.97. The number of nitrogens with zero attached hydrogens (tertiary/aromatic N) is 2. The van der Waals surface area contributed by atoms with Gasteiger partial charge in [0.25, 0.3) is 0 Å². The predicted octanol–water partition coefficient (Wildman–Crippen LogP) is 3.77. The highest BCUT2D eigenvalue weighted by Crippen LogP contribution is 2.27. The maximum Gasteiger partial charge on any atom is 0.233 e. The molecule has 4 nitrogen and oxygen atoms in total. The van der Waals surface area contributed by atoms with E-state index in [1.54, 1.807) is 6.20 Å². The molecule has 1 N–H and O–H groups in total. The molecule has 0 aromatic carbocycles. The summed E-state index contributed by atoms with van der Waals surface area (Å²) in [6.07, 6.45) is 9.23. The molecule has 18 heavy (non-hydrogen) atoms. The Bertz CT molecular complexity index is 380. The number of hydrogen-bond donors (Lipinski definition) is 1. The van der Waals surface area contributed by atoms with Crippen LogP contribution in [0.1, 0.15) is 45.4 Å². The summed E-state index contributed by atoms with van der Waals surface area (Å²) in [4.78, 5) is 8.63. The van der Waals surface area contributed by atoms with Crippen LogP contribution >= 0.6 is 15.9 Å². The summed E-state index contributed by atoms with van der Waals surface area (Å²) >= 11 is 3.45. The normalized spacial score (nSPS) is 16.6. The molecule has 1 fully saturated rings. The third-order valence-corrected chi connectivity index (χ3v) is 3.62. The van der Waals surface area contributed by atoms with Gasteiger partial charge < -0.3 is 10.1 Å². The lowest BCUT2D eigenvalue weighted by Crippen LogP contribution is -2.20. The molecular weight excluding hydrogens is 294 g/mol. The van der Waals surface area contributed by atoms with Crippen LogP contribution in [-0.2, 0) is 0 Å². The highest BCUT2D eigenvalue weighted by atomic mass is 79.9. The summed E-state index contributed by atoms with van der Waals surface area (Å²) in [6, 6.07) is 0. The van der Waals surface area contributed by atoms with Crippen LogP contribution < -0.4 is 10.1 Å². The fourth-order valence-corrected chi connectivity index (χ4v) is 2.38. The van der Waals surface area contributed by atoms with E-state index in [1.807, 2.05) is 0 Å². The quantitative estimate of drug-likeness (QED) is 0.898. The van der Waals surface area contributed by atoms with Crippen molar-refractivity contribution in [2.45, 2.75) is 51.6 Å². The molecule has 1 aromatic heterocycles. The molecule has 5 heteroatoms. The van der Waals surface area contributed by atoms with Crippen molar-refractivity contribution in [3.8, 4) is 5.88 Å². The van der Waals surface area contributed by atoms with E-state index >= 15 is 0 Å². The van der Waals surface area contributed by atoms with Gasteiger partial charge in [-0.2, -0.15) is 4.98 Å². The monoisotopic (exact) mass is 313 g/mol. The summed E-state index contributed by atoms with van der Waals surface area (Å²) in [5, 5.41) is 3.18. The van der Waals surface area contributed by atoms with Crippen LogP contribution in [0.15, 0.2) is 10.7 Å². The van der Waals surface area contributed by atoms with E-state index in [9.17, 15) is 0 Å². The van der Waals surface area contributed by atoms with E-state index in [0.717, 1.165) is 30.3 Å². The van der Waals surface area contributed by atoms with Gasteiger partial charge in [0.15, 0.2) is 0 Å². The van der Waals surface area contributed by atoms with E-state index in [1.165, 1.54) is 19.3 Å². The van der Waals surface area contributed by atoms with Crippen LogP contribution in [0, 0.1) is 0 Å². The second kappa shape index (κ2) is 6.92. The number of aromatic nitrogens is 2. The SMILES string of the molecule is CCCNc1ncc(Br)c(OC2CCCCC2)n1. The van der Waals surface area contributed by atoms with Gasteiger partial charge in [-0.25, -0.2) is 4.98 Å². The summed E-state index contributed by atoms with van der Waals surface area (Å²) in [5.74, 6) is 1.31. The molecule has 1 aromatic rings. The van der Waals surface area contributed by atoms with Crippen molar-refractivity contribution in [2.75, 3.05) is 11.9 Å². The van der Waals surface area contributed by atoms with Crippen LogP contribution in [0.4, 0.5) is 5.95 Å². The highest BCUT2D eigenvalue weighted by molar-refractivity contribution is 9.10. The molecular formula is C13H20BrN3O. The largest absolute Gasteiger partial charge is 0.473 e. The molecule has 0 bridgehead atoms. The molecule has 0 atom stereocenters. The van der Waals surface area contributed by atoms with Gasteiger partial charge in [-0.15, -0.1) is 0 Å². The van der Waals surface area contributed by atoms with Crippen molar-refractivity contribution in [2.24, 2.45) is 0 Å². The van der Waals surface area contributed by atoms with Gasteiger partial charge in [0.2, 0.25) is 11.8 Å². The van der Waals surface area contributed by atoms with E-state index < -0.39 is 0 Å². The van der Waals surface area contributed by atoms with Crippen molar-refractivity contribution in [3.63, 3.8) is 0 Å². The zero-order chi connectivity index (χ0) is 12.8. The lowest BCUT2D eigenvalue weighted by atomic mass is 9.98. The zero-order valence-electron chi connectivity index (χ0n) is 10.8. The van der Waals surface area contributed by atoms with Gasteiger partial charge in [-0.1, -0.05) is 13.3 Å². The second-order valence-electron chi connectivity index (χ2n) is 4.65. The molecule has 2 rings (SSSR count).